The van der Waals surface area contributed by atoms with Crippen molar-refractivity contribution < 1.29 is 13.5 Å². The molecule has 2 N–H and O–H groups in total. The fraction of sp³-hybridized carbons (Fsp3) is 0.500. The van der Waals surface area contributed by atoms with Crippen molar-refractivity contribution >= 4 is 10.0 Å². The third kappa shape index (κ3) is 3.18. The summed E-state index contributed by atoms with van der Waals surface area (Å²) in [4.78, 5) is 0.161. The summed E-state index contributed by atoms with van der Waals surface area (Å²) in [6.07, 6.45) is 2.48. The number of aliphatic hydroxyl groups is 1. The second-order valence-electron chi connectivity index (χ2n) is 5.17. The third-order valence-corrected chi connectivity index (χ3v) is 5.28. The lowest BCUT2D eigenvalue weighted by Crippen LogP contribution is -2.45. The lowest BCUT2D eigenvalue weighted by Gasteiger charge is -2.28. The molecule has 6 heteroatoms. The maximum atomic E-state index is 12.4. The van der Waals surface area contributed by atoms with E-state index in [1.807, 2.05) is 6.07 Å². The molecule has 1 saturated carbocycles. The molecule has 1 aromatic rings. The summed E-state index contributed by atoms with van der Waals surface area (Å²) in [5.74, 6) is 0. The number of nitriles is 1. The van der Waals surface area contributed by atoms with Crippen LogP contribution in [0.1, 0.15) is 36.8 Å². The Bertz CT molecular complexity index is 634. The predicted octanol–water partition coefficient (Wildman–Crippen LogP) is 1.45. The van der Waals surface area contributed by atoms with E-state index in [0.717, 1.165) is 12.8 Å². The molecule has 0 spiro atoms. The van der Waals surface area contributed by atoms with Crippen LogP contribution in [0.2, 0.25) is 0 Å². The third-order valence-electron chi connectivity index (χ3n) is 3.63. The number of hydrogen-bond donors (Lipinski definition) is 2. The Balaban J connectivity index is 2.24. The van der Waals surface area contributed by atoms with E-state index < -0.39 is 22.2 Å². The Labute approximate surface area is 119 Å². The first-order valence-corrected chi connectivity index (χ1v) is 8.13. The smallest absolute Gasteiger partial charge is 0.241 e. The summed E-state index contributed by atoms with van der Waals surface area (Å²) in [5, 5.41) is 18.7. The van der Waals surface area contributed by atoms with Crippen LogP contribution in [0.3, 0.4) is 0 Å². The maximum absolute atomic E-state index is 12.4. The highest BCUT2D eigenvalue weighted by Crippen LogP contribution is 2.22. The molecule has 0 heterocycles. The topological polar surface area (TPSA) is 90.2 Å². The normalized spacial score (nSPS) is 23.2. The first-order chi connectivity index (χ1) is 9.44. The Hall–Kier alpha value is -1.42. The van der Waals surface area contributed by atoms with Crippen LogP contribution in [0, 0.1) is 18.3 Å². The summed E-state index contributed by atoms with van der Waals surface area (Å²) < 4.78 is 27.3. The summed E-state index contributed by atoms with van der Waals surface area (Å²) in [6.45, 7) is 1.66. The number of aryl methyl sites for hydroxylation is 1. The van der Waals surface area contributed by atoms with Gasteiger partial charge in [-0.2, -0.15) is 5.26 Å². The van der Waals surface area contributed by atoms with Gasteiger partial charge >= 0.3 is 0 Å². The zero-order chi connectivity index (χ0) is 14.8. The van der Waals surface area contributed by atoms with E-state index in [2.05, 4.69) is 4.72 Å². The van der Waals surface area contributed by atoms with Gasteiger partial charge in [0, 0.05) is 6.04 Å². The van der Waals surface area contributed by atoms with Gasteiger partial charge in [-0.1, -0.05) is 12.8 Å². The van der Waals surface area contributed by atoms with Gasteiger partial charge in [0.1, 0.15) is 0 Å². The zero-order valence-corrected chi connectivity index (χ0v) is 12.2. The molecule has 2 rings (SSSR count). The predicted molar refractivity (Wildman–Crippen MR) is 74.5 cm³/mol. The molecule has 5 nitrogen and oxygen atoms in total. The van der Waals surface area contributed by atoms with Crippen LogP contribution >= 0.6 is 0 Å². The minimum atomic E-state index is -3.67. The fourth-order valence-electron chi connectivity index (χ4n) is 2.53. The van der Waals surface area contributed by atoms with Crippen molar-refractivity contribution in [2.45, 2.75) is 49.6 Å². The van der Waals surface area contributed by atoms with Crippen molar-refractivity contribution in [3.63, 3.8) is 0 Å². The van der Waals surface area contributed by atoms with E-state index in [4.69, 9.17) is 5.26 Å². The largest absolute Gasteiger partial charge is 0.391 e. The van der Waals surface area contributed by atoms with Crippen molar-refractivity contribution in [2.24, 2.45) is 0 Å². The van der Waals surface area contributed by atoms with Crippen LogP contribution in [-0.2, 0) is 10.0 Å². The maximum Gasteiger partial charge on any atom is 0.241 e. The summed E-state index contributed by atoms with van der Waals surface area (Å²) >= 11 is 0. The molecule has 1 fully saturated rings. The Kier molecular flexibility index (Phi) is 4.43. The van der Waals surface area contributed by atoms with E-state index in [9.17, 15) is 13.5 Å². The Morgan fingerprint density at radius 2 is 2.05 bits per heavy atom. The number of nitrogens with zero attached hydrogens (tertiary/aromatic N) is 1. The zero-order valence-electron chi connectivity index (χ0n) is 11.3. The van der Waals surface area contributed by atoms with Gasteiger partial charge in [0.05, 0.1) is 22.6 Å². The van der Waals surface area contributed by atoms with Crippen molar-refractivity contribution in [1.29, 1.82) is 5.26 Å². The van der Waals surface area contributed by atoms with Gasteiger partial charge in [-0.3, -0.25) is 0 Å². The average Bonchev–Trinajstić information content (AvgIpc) is 2.40. The van der Waals surface area contributed by atoms with Gasteiger partial charge in [0.2, 0.25) is 10.0 Å². The summed E-state index contributed by atoms with van der Waals surface area (Å²) in [5.41, 5.74) is 0.959. The van der Waals surface area contributed by atoms with Crippen LogP contribution in [0.5, 0.6) is 0 Å². The molecular weight excluding hydrogens is 276 g/mol. The van der Waals surface area contributed by atoms with Crippen LogP contribution in [0.15, 0.2) is 23.1 Å². The molecular formula is C14H18N2O3S. The van der Waals surface area contributed by atoms with Crippen molar-refractivity contribution in [1.82, 2.24) is 4.72 Å². The van der Waals surface area contributed by atoms with Crippen LogP contribution in [-0.4, -0.2) is 25.7 Å². The summed E-state index contributed by atoms with van der Waals surface area (Å²) in [6, 6.07) is 6.02. The van der Waals surface area contributed by atoms with E-state index >= 15 is 0 Å². The quantitative estimate of drug-likeness (QED) is 0.882. The second kappa shape index (κ2) is 5.92. The summed E-state index contributed by atoms with van der Waals surface area (Å²) in [7, 11) is -3.67. The molecule has 108 valence electrons. The molecule has 0 bridgehead atoms. The average molecular weight is 294 g/mol. The highest BCUT2D eigenvalue weighted by atomic mass is 32.2. The molecule has 0 amide bonds. The number of nitrogens with one attached hydrogen (secondary N) is 1. The van der Waals surface area contributed by atoms with Crippen LogP contribution in [0.4, 0.5) is 0 Å². The highest BCUT2D eigenvalue weighted by molar-refractivity contribution is 7.89. The van der Waals surface area contributed by atoms with E-state index in [1.54, 1.807) is 13.0 Å². The first kappa shape index (κ1) is 15.0. The van der Waals surface area contributed by atoms with Gasteiger partial charge in [-0.25, -0.2) is 13.1 Å². The molecule has 0 aromatic heterocycles. The van der Waals surface area contributed by atoms with Crippen LogP contribution in [0.25, 0.3) is 0 Å². The van der Waals surface area contributed by atoms with E-state index in [-0.39, 0.29) is 4.90 Å². The molecule has 0 radical (unpaired) electrons. The van der Waals surface area contributed by atoms with Gasteiger partial charge in [-0.05, 0) is 43.5 Å². The van der Waals surface area contributed by atoms with Gasteiger partial charge in [0.15, 0.2) is 0 Å². The lowest BCUT2D eigenvalue weighted by molar-refractivity contribution is 0.101. The minimum absolute atomic E-state index is 0.161. The van der Waals surface area contributed by atoms with E-state index in [0.29, 0.717) is 24.0 Å². The molecule has 1 aliphatic rings. The SMILES string of the molecule is Cc1cc(C#N)ccc1S(=O)(=O)NC1CCCCC1O. The van der Waals surface area contributed by atoms with Gasteiger partial charge in [0.25, 0.3) is 0 Å². The number of hydrogen-bond acceptors (Lipinski definition) is 4. The Morgan fingerprint density at radius 3 is 2.65 bits per heavy atom. The van der Waals surface area contributed by atoms with Crippen molar-refractivity contribution in [3.05, 3.63) is 29.3 Å². The molecule has 1 aromatic carbocycles. The number of sulfonamides is 1. The molecule has 2 unspecified atom stereocenters. The molecule has 1 aliphatic carbocycles. The molecule has 0 aliphatic heterocycles. The first-order valence-electron chi connectivity index (χ1n) is 6.65. The highest BCUT2D eigenvalue weighted by Gasteiger charge is 2.28. The van der Waals surface area contributed by atoms with Crippen molar-refractivity contribution in [2.75, 3.05) is 0 Å². The van der Waals surface area contributed by atoms with Gasteiger partial charge < -0.3 is 5.11 Å². The molecule has 20 heavy (non-hydrogen) atoms. The Morgan fingerprint density at radius 1 is 1.35 bits per heavy atom. The molecule has 0 saturated heterocycles. The number of benzene rings is 1. The van der Waals surface area contributed by atoms with E-state index in [1.165, 1.54) is 12.1 Å². The minimum Gasteiger partial charge on any atom is -0.391 e. The lowest BCUT2D eigenvalue weighted by atomic mass is 9.93. The van der Waals surface area contributed by atoms with Gasteiger partial charge in [-0.15, -0.1) is 0 Å². The fourth-order valence-corrected chi connectivity index (χ4v) is 4.06. The molecule has 2 atom stereocenters. The van der Waals surface area contributed by atoms with Crippen molar-refractivity contribution in [3.8, 4) is 6.07 Å². The second-order valence-corrected chi connectivity index (χ2v) is 6.85. The van der Waals surface area contributed by atoms with Crippen LogP contribution < -0.4 is 4.72 Å². The number of rotatable bonds is 3. The number of aliphatic hydroxyl groups excluding tert-OH is 1. The monoisotopic (exact) mass is 294 g/mol. The standard InChI is InChI=1S/C14H18N2O3S/c1-10-8-11(9-15)6-7-14(10)20(18,19)16-12-4-2-3-5-13(12)17/h6-8,12-13,16-17H,2-5H2,1H3.